The van der Waals surface area contributed by atoms with Crippen LogP contribution in [0.25, 0.3) is 5.69 Å². The van der Waals surface area contributed by atoms with Gasteiger partial charge in [0.25, 0.3) is 0 Å². The Bertz CT molecular complexity index is 1760. The Balaban J connectivity index is 2.00. The summed E-state index contributed by atoms with van der Waals surface area (Å²) >= 11 is 6.26. The fourth-order valence-corrected chi connectivity index (χ4v) is 5.12. The number of sulfone groups is 1. The Morgan fingerprint density at radius 2 is 1.49 bits per heavy atom. The van der Waals surface area contributed by atoms with E-state index in [1.165, 1.54) is 24.3 Å². The molecule has 0 fully saturated rings. The van der Waals surface area contributed by atoms with Gasteiger partial charge in [-0.25, -0.2) is 40.9 Å². The van der Waals surface area contributed by atoms with Crippen molar-refractivity contribution in [3.63, 3.8) is 0 Å². The van der Waals surface area contributed by atoms with E-state index in [9.17, 15) is 27.2 Å². The summed E-state index contributed by atoms with van der Waals surface area (Å²) in [6.45, 7) is -1.07. The Hall–Kier alpha value is -3.80. The van der Waals surface area contributed by atoms with Crippen LogP contribution in [0.15, 0.2) is 92.1 Å². The minimum absolute atomic E-state index is 0.00757. The van der Waals surface area contributed by atoms with Crippen LogP contribution in [0.5, 0.6) is 0 Å². The zero-order valence-corrected chi connectivity index (χ0v) is 21.1. The highest BCUT2D eigenvalue weighted by molar-refractivity contribution is 7.90. The molecule has 37 heavy (non-hydrogen) atoms. The van der Waals surface area contributed by atoms with Gasteiger partial charge in [-0.05, 0) is 29.8 Å². The standard InChI is InChI=1S/C25H22ClFN4O5S/c1-37(35,36)22-13-7-11-19(27)17(22)14-29-23(32)30(15-20(28)16-8-3-2-4-9-16)25(34)31(24(29)33)21-12-6-5-10-18(21)26/h2-13,20H,14-15,28H2,1H3. The zero-order valence-electron chi connectivity index (χ0n) is 19.5. The molecular formula is C25H22ClFN4O5S. The van der Waals surface area contributed by atoms with Crippen LogP contribution < -0.4 is 22.8 Å². The van der Waals surface area contributed by atoms with E-state index in [-0.39, 0.29) is 22.2 Å². The molecule has 9 nitrogen and oxygen atoms in total. The molecule has 4 rings (SSSR count). The highest BCUT2D eigenvalue weighted by Crippen LogP contribution is 2.20. The number of para-hydroxylation sites is 1. The molecule has 0 bridgehead atoms. The van der Waals surface area contributed by atoms with Crippen LogP contribution in [-0.2, 0) is 22.9 Å². The molecular weight excluding hydrogens is 523 g/mol. The van der Waals surface area contributed by atoms with Crippen LogP contribution >= 0.6 is 11.6 Å². The average Bonchev–Trinajstić information content (AvgIpc) is 2.86. The summed E-state index contributed by atoms with van der Waals surface area (Å²) < 4.78 is 41.5. The van der Waals surface area contributed by atoms with Gasteiger partial charge in [0, 0.05) is 17.9 Å². The number of nitrogens with two attached hydrogens (primary N) is 1. The summed E-state index contributed by atoms with van der Waals surface area (Å²) in [5.41, 5.74) is 3.30. The topological polar surface area (TPSA) is 126 Å². The average molecular weight is 545 g/mol. The highest BCUT2D eigenvalue weighted by atomic mass is 35.5. The third-order valence-corrected chi connectivity index (χ3v) is 7.30. The van der Waals surface area contributed by atoms with Gasteiger partial charge in [0.1, 0.15) is 5.82 Å². The lowest BCUT2D eigenvalue weighted by Gasteiger charge is -2.18. The van der Waals surface area contributed by atoms with Crippen LogP contribution in [-0.4, -0.2) is 28.4 Å². The maximum Gasteiger partial charge on any atom is 0.341 e. The summed E-state index contributed by atoms with van der Waals surface area (Å²) in [5, 5.41) is 0.0496. The van der Waals surface area contributed by atoms with Crippen LogP contribution in [0, 0.1) is 5.82 Å². The quantitative estimate of drug-likeness (QED) is 0.380. The SMILES string of the molecule is CS(=O)(=O)c1cccc(F)c1Cn1c(=O)n(CC(N)c2ccccc2)c(=O)n(-c2ccccc2Cl)c1=O. The van der Waals surface area contributed by atoms with E-state index >= 15 is 0 Å². The molecule has 1 atom stereocenters. The molecule has 0 aliphatic carbocycles. The predicted molar refractivity (Wildman–Crippen MR) is 138 cm³/mol. The van der Waals surface area contributed by atoms with Crippen molar-refractivity contribution in [1.82, 2.24) is 13.7 Å². The molecule has 0 saturated carbocycles. The Labute approximate surface area is 215 Å². The molecule has 0 aliphatic heterocycles. The maximum absolute atomic E-state index is 14.8. The summed E-state index contributed by atoms with van der Waals surface area (Å²) in [6, 6.07) is 17.3. The lowest BCUT2D eigenvalue weighted by atomic mass is 10.1. The number of hydrogen-bond acceptors (Lipinski definition) is 6. The Morgan fingerprint density at radius 3 is 2.14 bits per heavy atom. The van der Waals surface area contributed by atoms with Crippen molar-refractivity contribution < 1.29 is 12.8 Å². The first-order valence-electron chi connectivity index (χ1n) is 11.0. The largest absolute Gasteiger partial charge is 0.341 e. The molecule has 1 unspecified atom stereocenters. The second-order valence-electron chi connectivity index (χ2n) is 8.34. The molecule has 2 N–H and O–H groups in total. The maximum atomic E-state index is 14.8. The van der Waals surface area contributed by atoms with Crippen molar-refractivity contribution in [3.8, 4) is 5.69 Å². The molecule has 1 heterocycles. The summed E-state index contributed by atoms with van der Waals surface area (Å²) in [6.07, 6.45) is 0.885. The van der Waals surface area contributed by atoms with E-state index in [4.69, 9.17) is 17.3 Å². The molecule has 0 aliphatic rings. The minimum atomic E-state index is -3.92. The van der Waals surface area contributed by atoms with Crippen molar-refractivity contribution >= 4 is 21.4 Å². The van der Waals surface area contributed by atoms with Gasteiger partial charge in [-0.2, -0.15) is 0 Å². The van der Waals surface area contributed by atoms with Gasteiger partial charge in [0.05, 0.1) is 28.7 Å². The van der Waals surface area contributed by atoms with E-state index in [2.05, 4.69) is 0 Å². The van der Waals surface area contributed by atoms with Crippen molar-refractivity contribution in [2.75, 3.05) is 6.26 Å². The third kappa shape index (κ3) is 5.19. The molecule has 4 aromatic rings. The number of rotatable bonds is 7. The first-order chi connectivity index (χ1) is 17.5. The third-order valence-electron chi connectivity index (χ3n) is 5.80. The number of hydrogen-bond donors (Lipinski definition) is 1. The predicted octanol–water partition coefficient (Wildman–Crippen LogP) is 2.11. The number of halogens is 2. The van der Waals surface area contributed by atoms with E-state index in [0.29, 0.717) is 14.7 Å². The van der Waals surface area contributed by atoms with Gasteiger partial charge in [0.15, 0.2) is 9.84 Å². The summed E-state index contributed by atoms with van der Waals surface area (Å²) in [4.78, 5) is 40.0. The molecule has 0 radical (unpaired) electrons. The summed E-state index contributed by atoms with van der Waals surface area (Å²) in [5.74, 6) is -0.933. The van der Waals surface area contributed by atoms with E-state index in [1.807, 2.05) is 0 Å². The Kier molecular flexibility index (Phi) is 7.30. The number of benzene rings is 3. The second kappa shape index (κ2) is 10.3. The number of aromatic nitrogens is 3. The number of nitrogens with zero attached hydrogens (tertiary/aromatic N) is 3. The van der Waals surface area contributed by atoms with Gasteiger partial charge < -0.3 is 5.73 Å². The van der Waals surface area contributed by atoms with Crippen molar-refractivity contribution in [2.45, 2.75) is 24.0 Å². The molecule has 0 saturated heterocycles. The van der Waals surface area contributed by atoms with Crippen LogP contribution in [0.3, 0.4) is 0 Å². The van der Waals surface area contributed by atoms with Crippen LogP contribution in [0.2, 0.25) is 5.02 Å². The molecule has 3 aromatic carbocycles. The van der Waals surface area contributed by atoms with Gasteiger partial charge in [0.2, 0.25) is 0 Å². The summed E-state index contributed by atoms with van der Waals surface area (Å²) in [7, 11) is -3.92. The minimum Gasteiger partial charge on any atom is -0.322 e. The smallest absolute Gasteiger partial charge is 0.322 e. The first-order valence-corrected chi connectivity index (χ1v) is 13.3. The van der Waals surface area contributed by atoms with Crippen molar-refractivity contribution in [3.05, 3.63) is 126 Å². The lowest BCUT2D eigenvalue weighted by Crippen LogP contribution is -2.55. The lowest BCUT2D eigenvalue weighted by molar-refractivity contribution is 0.463. The highest BCUT2D eigenvalue weighted by Gasteiger charge is 2.24. The molecule has 192 valence electrons. The molecule has 0 amide bonds. The van der Waals surface area contributed by atoms with Gasteiger partial charge >= 0.3 is 17.1 Å². The van der Waals surface area contributed by atoms with Crippen molar-refractivity contribution in [2.24, 2.45) is 5.73 Å². The zero-order chi connectivity index (χ0) is 26.9. The van der Waals surface area contributed by atoms with Gasteiger partial charge in [-0.1, -0.05) is 60.1 Å². The van der Waals surface area contributed by atoms with Gasteiger partial charge in [-0.15, -0.1) is 0 Å². The second-order valence-corrected chi connectivity index (χ2v) is 10.7. The van der Waals surface area contributed by atoms with Gasteiger partial charge in [-0.3, -0.25) is 0 Å². The van der Waals surface area contributed by atoms with E-state index < -0.39 is 50.9 Å². The van der Waals surface area contributed by atoms with E-state index in [0.717, 1.165) is 16.9 Å². The first kappa shape index (κ1) is 26.3. The molecule has 12 heteroatoms. The van der Waals surface area contributed by atoms with Crippen LogP contribution in [0.4, 0.5) is 4.39 Å². The Morgan fingerprint density at radius 1 is 0.865 bits per heavy atom. The monoisotopic (exact) mass is 544 g/mol. The molecule has 1 aromatic heterocycles. The molecule has 0 spiro atoms. The van der Waals surface area contributed by atoms with Crippen LogP contribution in [0.1, 0.15) is 17.2 Å². The normalized spacial score (nSPS) is 12.4. The fourth-order valence-electron chi connectivity index (χ4n) is 3.96. The van der Waals surface area contributed by atoms with Crippen molar-refractivity contribution in [1.29, 1.82) is 0 Å². The van der Waals surface area contributed by atoms with E-state index in [1.54, 1.807) is 42.5 Å². The fraction of sp³-hybridized carbons (Fsp3) is 0.160.